The third-order valence-corrected chi connectivity index (χ3v) is 6.97. The van der Waals surface area contributed by atoms with Gasteiger partial charge in [-0.25, -0.2) is 9.07 Å². The van der Waals surface area contributed by atoms with Gasteiger partial charge in [-0.3, -0.25) is 9.80 Å². The first-order chi connectivity index (χ1) is 15.8. The molecule has 0 spiro atoms. The molecule has 1 aliphatic heterocycles. The Morgan fingerprint density at radius 3 is 2.31 bits per heavy atom. The van der Waals surface area contributed by atoms with Gasteiger partial charge in [-0.1, -0.05) is 61.7 Å². The summed E-state index contributed by atoms with van der Waals surface area (Å²) in [6.07, 6.45) is 6.76. The minimum absolute atomic E-state index is 0.0946. The van der Waals surface area contributed by atoms with Gasteiger partial charge in [0.05, 0.1) is 12.6 Å². The summed E-state index contributed by atoms with van der Waals surface area (Å²) in [5, 5.41) is 12.8. The first kappa shape index (κ1) is 21.2. The highest BCUT2D eigenvalue weighted by Crippen LogP contribution is 2.30. The molecule has 1 atom stereocenters. The molecule has 6 nitrogen and oxygen atoms in total. The van der Waals surface area contributed by atoms with Gasteiger partial charge in [-0.15, -0.1) is 5.10 Å². The van der Waals surface area contributed by atoms with E-state index in [9.17, 15) is 4.39 Å². The highest BCUT2D eigenvalue weighted by atomic mass is 19.1. The lowest BCUT2D eigenvalue weighted by atomic mass is 9.93. The zero-order valence-corrected chi connectivity index (χ0v) is 18.5. The predicted molar refractivity (Wildman–Crippen MR) is 122 cm³/mol. The lowest BCUT2D eigenvalue weighted by Gasteiger charge is -2.43. The second-order valence-electron chi connectivity index (χ2n) is 9.00. The molecule has 2 fully saturated rings. The zero-order chi connectivity index (χ0) is 21.8. The molecule has 0 N–H and O–H groups in total. The molecule has 1 saturated carbocycles. The number of halogens is 1. The van der Waals surface area contributed by atoms with Crippen molar-refractivity contribution in [2.45, 2.75) is 50.7 Å². The minimum atomic E-state index is -0.224. The molecule has 1 saturated heterocycles. The van der Waals surface area contributed by atoms with E-state index in [2.05, 4.69) is 37.5 Å². The van der Waals surface area contributed by atoms with Crippen LogP contribution in [0.3, 0.4) is 0 Å². The van der Waals surface area contributed by atoms with Gasteiger partial charge in [-0.2, -0.15) is 0 Å². The van der Waals surface area contributed by atoms with Crippen LogP contribution in [0.4, 0.5) is 4.39 Å². The van der Waals surface area contributed by atoms with E-state index < -0.39 is 0 Å². The number of hydrogen-bond donors (Lipinski definition) is 0. The van der Waals surface area contributed by atoms with Crippen molar-refractivity contribution in [2.75, 3.05) is 26.2 Å². The highest BCUT2D eigenvalue weighted by molar-refractivity contribution is 5.26. The van der Waals surface area contributed by atoms with Gasteiger partial charge in [0.25, 0.3) is 0 Å². The number of rotatable bonds is 6. The van der Waals surface area contributed by atoms with Crippen molar-refractivity contribution < 1.29 is 4.39 Å². The lowest BCUT2D eigenvalue weighted by molar-refractivity contribution is 0.0620. The molecule has 32 heavy (non-hydrogen) atoms. The van der Waals surface area contributed by atoms with Crippen LogP contribution in [0.5, 0.6) is 0 Å². The monoisotopic (exact) mass is 434 g/mol. The Bertz CT molecular complexity index is 975. The van der Waals surface area contributed by atoms with Crippen LogP contribution in [-0.2, 0) is 6.54 Å². The van der Waals surface area contributed by atoms with E-state index in [0.29, 0.717) is 6.54 Å². The molecule has 1 aromatic heterocycles. The van der Waals surface area contributed by atoms with Crippen LogP contribution in [0.1, 0.15) is 55.1 Å². The molecule has 0 bridgehead atoms. The fourth-order valence-electron chi connectivity index (χ4n) is 5.25. The molecular weight excluding hydrogens is 403 g/mol. The van der Waals surface area contributed by atoms with Crippen LogP contribution in [-0.4, -0.2) is 62.2 Å². The van der Waals surface area contributed by atoms with Crippen molar-refractivity contribution in [1.82, 2.24) is 30.0 Å². The first-order valence-electron chi connectivity index (χ1n) is 11.8. The topological polar surface area (TPSA) is 50.1 Å². The fraction of sp³-hybridized carbons (Fsp3) is 0.480. The van der Waals surface area contributed by atoms with Crippen LogP contribution in [0, 0.1) is 5.82 Å². The number of benzene rings is 2. The molecule has 3 aromatic rings. The second-order valence-corrected chi connectivity index (χ2v) is 9.00. The summed E-state index contributed by atoms with van der Waals surface area (Å²) in [4.78, 5) is 5.13. The normalized spacial score (nSPS) is 19.8. The van der Waals surface area contributed by atoms with Crippen LogP contribution in [0.25, 0.3) is 0 Å². The Kier molecular flexibility index (Phi) is 6.55. The Morgan fingerprint density at radius 1 is 0.875 bits per heavy atom. The molecule has 0 radical (unpaired) electrons. The number of aromatic nitrogens is 4. The van der Waals surface area contributed by atoms with Gasteiger partial charge in [-0.05, 0) is 46.5 Å². The molecule has 2 heterocycles. The van der Waals surface area contributed by atoms with Crippen LogP contribution in [0.2, 0.25) is 0 Å². The standard InChI is InChI=1S/C25H31FN6/c26-22-13-11-21(12-14-22)24(25-27-28-29-32(25)19-20-7-3-1-4-8-20)31-17-15-30(16-18-31)23-9-5-2-6-10-23/h1,3-4,7-8,11-14,23-24H,2,5-6,9-10,15-19H2/t24-/m1/s1. The number of tetrazole rings is 1. The van der Waals surface area contributed by atoms with E-state index in [4.69, 9.17) is 0 Å². The fourth-order valence-corrected chi connectivity index (χ4v) is 5.25. The van der Waals surface area contributed by atoms with Crippen molar-refractivity contribution in [3.63, 3.8) is 0 Å². The van der Waals surface area contributed by atoms with E-state index in [1.165, 1.54) is 44.2 Å². The van der Waals surface area contributed by atoms with Crippen molar-refractivity contribution in [1.29, 1.82) is 0 Å². The maximum atomic E-state index is 13.7. The largest absolute Gasteiger partial charge is 0.298 e. The SMILES string of the molecule is Fc1ccc([C@H](c2nnnn2Cc2ccccc2)N2CCN(C3CCCCC3)CC2)cc1. The van der Waals surface area contributed by atoms with Crippen LogP contribution < -0.4 is 0 Å². The predicted octanol–water partition coefficient (Wildman–Crippen LogP) is 3.90. The summed E-state index contributed by atoms with van der Waals surface area (Å²) in [5.41, 5.74) is 2.18. The third kappa shape index (κ3) is 4.74. The third-order valence-electron chi connectivity index (χ3n) is 6.97. The van der Waals surface area contributed by atoms with E-state index in [1.54, 1.807) is 0 Å². The van der Waals surface area contributed by atoms with Crippen molar-refractivity contribution in [3.05, 3.63) is 77.4 Å². The quantitative estimate of drug-likeness (QED) is 0.589. The molecule has 7 heteroatoms. The molecule has 0 amide bonds. The Labute approximate surface area is 189 Å². The first-order valence-corrected chi connectivity index (χ1v) is 11.8. The van der Waals surface area contributed by atoms with Gasteiger partial charge in [0, 0.05) is 32.2 Å². The molecule has 168 valence electrons. The highest BCUT2D eigenvalue weighted by Gasteiger charge is 2.32. The Morgan fingerprint density at radius 2 is 1.59 bits per heavy atom. The van der Waals surface area contributed by atoms with E-state index in [0.717, 1.165) is 49.2 Å². The molecule has 2 aromatic carbocycles. The lowest BCUT2D eigenvalue weighted by Crippen LogP contribution is -2.52. The Balaban J connectivity index is 1.39. The second kappa shape index (κ2) is 9.88. The summed E-state index contributed by atoms with van der Waals surface area (Å²) in [5.74, 6) is 0.588. The summed E-state index contributed by atoms with van der Waals surface area (Å²) in [7, 11) is 0. The molecule has 0 unspecified atom stereocenters. The van der Waals surface area contributed by atoms with Gasteiger partial charge in [0.1, 0.15) is 5.82 Å². The molecule has 2 aliphatic rings. The molecular formula is C25H31FN6. The van der Waals surface area contributed by atoms with Crippen LogP contribution >= 0.6 is 0 Å². The Hall–Kier alpha value is -2.64. The summed E-state index contributed by atoms with van der Waals surface area (Å²) < 4.78 is 15.6. The number of nitrogens with zero attached hydrogens (tertiary/aromatic N) is 6. The average molecular weight is 435 g/mol. The number of hydrogen-bond acceptors (Lipinski definition) is 5. The summed E-state index contributed by atoms with van der Waals surface area (Å²) in [6.45, 7) is 4.64. The van der Waals surface area contributed by atoms with Gasteiger partial charge < -0.3 is 0 Å². The smallest absolute Gasteiger partial charge is 0.173 e. The molecule has 1 aliphatic carbocycles. The van der Waals surface area contributed by atoms with Crippen molar-refractivity contribution in [2.24, 2.45) is 0 Å². The van der Waals surface area contributed by atoms with E-state index in [1.807, 2.05) is 35.0 Å². The minimum Gasteiger partial charge on any atom is -0.298 e. The van der Waals surface area contributed by atoms with E-state index in [-0.39, 0.29) is 11.9 Å². The van der Waals surface area contributed by atoms with E-state index >= 15 is 0 Å². The average Bonchev–Trinajstić information content (AvgIpc) is 3.30. The molecule has 5 rings (SSSR count). The van der Waals surface area contributed by atoms with Crippen LogP contribution in [0.15, 0.2) is 54.6 Å². The summed E-state index contributed by atoms with van der Waals surface area (Å²) >= 11 is 0. The maximum absolute atomic E-state index is 13.7. The van der Waals surface area contributed by atoms with Crippen molar-refractivity contribution >= 4 is 0 Å². The maximum Gasteiger partial charge on any atom is 0.173 e. The summed E-state index contributed by atoms with van der Waals surface area (Å²) in [6, 6.07) is 17.7. The zero-order valence-electron chi connectivity index (χ0n) is 18.5. The number of piperazine rings is 1. The van der Waals surface area contributed by atoms with Gasteiger partial charge in [0.2, 0.25) is 0 Å². The van der Waals surface area contributed by atoms with Crippen molar-refractivity contribution in [3.8, 4) is 0 Å². The van der Waals surface area contributed by atoms with Gasteiger partial charge in [0.15, 0.2) is 5.82 Å². The van der Waals surface area contributed by atoms with Gasteiger partial charge >= 0.3 is 0 Å².